The van der Waals surface area contributed by atoms with Gasteiger partial charge in [-0.3, -0.25) is 4.90 Å². The third-order valence-corrected chi connectivity index (χ3v) is 2.40. The van der Waals surface area contributed by atoms with Crippen LogP contribution in [0.5, 0.6) is 0 Å². The third-order valence-electron chi connectivity index (χ3n) is 2.40. The molecule has 1 rings (SSSR count). The number of rotatable bonds is 2. The van der Waals surface area contributed by atoms with Crippen molar-refractivity contribution >= 4 is 6.09 Å². The lowest BCUT2D eigenvalue weighted by atomic mass is 9.92. The van der Waals surface area contributed by atoms with Crippen molar-refractivity contribution in [2.45, 2.75) is 59.6 Å². The average molecular weight is 244 g/mol. The van der Waals surface area contributed by atoms with Crippen LogP contribution in [-0.4, -0.2) is 41.8 Å². The number of nitrogens with zero attached hydrogens (tertiary/aromatic N) is 1. The highest BCUT2D eigenvalue weighted by molar-refractivity contribution is 5.69. The summed E-state index contributed by atoms with van der Waals surface area (Å²) in [4.78, 5) is 13.8. The summed E-state index contributed by atoms with van der Waals surface area (Å²) < 4.78 is 5.21. The maximum Gasteiger partial charge on any atom is 0.408 e. The monoisotopic (exact) mass is 244 g/mol. The van der Waals surface area contributed by atoms with Crippen molar-refractivity contribution in [2.24, 2.45) is 0 Å². The van der Waals surface area contributed by atoms with Crippen LogP contribution in [-0.2, 0) is 4.74 Å². The molecule has 1 fully saturated rings. The molecule has 17 heavy (non-hydrogen) atoms. The van der Waals surface area contributed by atoms with Gasteiger partial charge in [-0.1, -0.05) is 20.8 Å². The van der Waals surface area contributed by atoms with Crippen molar-refractivity contribution in [3.05, 3.63) is 0 Å². The summed E-state index contributed by atoms with van der Waals surface area (Å²) in [5.41, 5.74) is -0.535. The van der Waals surface area contributed by atoms with E-state index in [1.807, 2.05) is 41.5 Å². The van der Waals surface area contributed by atoms with Crippen molar-refractivity contribution in [2.75, 3.05) is 19.6 Å². The van der Waals surface area contributed by atoms with Gasteiger partial charge < -0.3 is 10.1 Å². The molecular weight excluding hydrogens is 216 g/mol. The van der Waals surface area contributed by atoms with E-state index >= 15 is 0 Å². The van der Waals surface area contributed by atoms with E-state index in [0.29, 0.717) is 0 Å². The Morgan fingerprint density at radius 3 is 2.18 bits per heavy atom. The van der Waals surface area contributed by atoms with Crippen molar-refractivity contribution < 1.29 is 9.53 Å². The van der Waals surface area contributed by atoms with Crippen LogP contribution in [0.1, 0.15) is 48.5 Å². The Kier molecular flexibility index (Phi) is 5.96. The minimum atomic E-state index is -0.422. The van der Waals surface area contributed by atoms with Gasteiger partial charge in [0.15, 0.2) is 0 Å². The summed E-state index contributed by atoms with van der Waals surface area (Å²) in [6.45, 7) is 16.6. The van der Waals surface area contributed by atoms with Crippen LogP contribution < -0.4 is 5.32 Å². The molecule has 1 heterocycles. The average Bonchev–Trinajstić information content (AvgIpc) is 2.13. The highest BCUT2D eigenvalue weighted by atomic mass is 16.6. The number of likely N-dealkylation sites (tertiary alicyclic amines) is 1. The second-order valence-electron chi connectivity index (χ2n) is 5.49. The number of likely N-dealkylation sites (N-methyl/N-ethyl adjacent to an activating group) is 1. The molecule has 4 nitrogen and oxygen atoms in total. The fourth-order valence-corrected chi connectivity index (χ4v) is 1.79. The molecule has 0 aromatic rings. The lowest BCUT2D eigenvalue weighted by Crippen LogP contribution is -2.68. The van der Waals surface area contributed by atoms with E-state index in [1.54, 1.807) is 0 Å². The van der Waals surface area contributed by atoms with Crippen LogP contribution in [0, 0.1) is 0 Å². The topological polar surface area (TPSA) is 41.6 Å². The van der Waals surface area contributed by atoms with Gasteiger partial charge in [0.05, 0.1) is 5.54 Å². The van der Waals surface area contributed by atoms with E-state index in [-0.39, 0.29) is 11.6 Å². The smallest absolute Gasteiger partial charge is 0.408 e. The van der Waals surface area contributed by atoms with Crippen molar-refractivity contribution in [3.63, 3.8) is 0 Å². The third kappa shape index (κ3) is 5.91. The summed E-state index contributed by atoms with van der Waals surface area (Å²) in [7, 11) is 0. The van der Waals surface area contributed by atoms with Crippen LogP contribution >= 0.6 is 0 Å². The standard InChI is InChI=1S/C11H22N2O2.C2H6/c1-6-13-7-11(5,8-13)12-9(14)15-10(2,3)4;1-2/h6-8H2,1-5H3,(H,12,14);1-2H3. The van der Waals surface area contributed by atoms with Gasteiger partial charge in [-0.25, -0.2) is 4.79 Å². The molecule has 0 aromatic carbocycles. The maximum atomic E-state index is 11.5. The summed E-state index contributed by atoms with van der Waals surface area (Å²) >= 11 is 0. The predicted octanol–water partition coefficient (Wildman–Crippen LogP) is 2.63. The number of carbonyl (C=O) groups is 1. The Balaban J connectivity index is 0.00000121. The van der Waals surface area contributed by atoms with E-state index in [9.17, 15) is 4.79 Å². The zero-order chi connectivity index (χ0) is 13.7. The highest BCUT2D eigenvalue weighted by Crippen LogP contribution is 2.20. The fraction of sp³-hybridized carbons (Fsp3) is 0.923. The van der Waals surface area contributed by atoms with E-state index in [1.165, 1.54) is 0 Å². The maximum absolute atomic E-state index is 11.5. The molecule has 1 N–H and O–H groups in total. The molecule has 102 valence electrons. The molecule has 0 atom stereocenters. The Morgan fingerprint density at radius 1 is 1.35 bits per heavy atom. The number of hydrogen-bond acceptors (Lipinski definition) is 3. The first kappa shape index (κ1) is 16.2. The van der Waals surface area contributed by atoms with Crippen molar-refractivity contribution in [3.8, 4) is 0 Å². The molecule has 1 aliphatic rings. The largest absolute Gasteiger partial charge is 0.444 e. The molecule has 0 aliphatic carbocycles. The Hall–Kier alpha value is -0.770. The van der Waals surface area contributed by atoms with Crippen LogP contribution in [0.2, 0.25) is 0 Å². The molecule has 1 saturated heterocycles. The Bertz CT molecular complexity index is 240. The van der Waals surface area contributed by atoms with Gasteiger partial charge in [0.1, 0.15) is 5.60 Å². The molecule has 1 aliphatic heterocycles. The molecule has 0 saturated carbocycles. The second kappa shape index (κ2) is 6.24. The summed E-state index contributed by atoms with van der Waals surface area (Å²) in [5, 5.41) is 2.91. The molecule has 0 aromatic heterocycles. The minimum absolute atomic E-state index is 0.113. The van der Waals surface area contributed by atoms with Crippen LogP contribution in [0.25, 0.3) is 0 Å². The zero-order valence-corrected chi connectivity index (χ0v) is 12.4. The lowest BCUT2D eigenvalue weighted by Gasteiger charge is -2.47. The quantitative estimate of drug-likeness (QED) is 0.812. The van der Waals surface area contributed by atoms with Crippen LogP contribution in [0.4, 0.5) is 4.79 Å². The molecule has 4 heteroatoms. The van der Waals surface area contributed by atoms with Gasteiger partial charge in [0, 0.05) is 13.1 Å². The number of alkyl carbamates (subject to hydrolysis) is 1. The van der Waals surface area contributed by atoms with Gasteiger partial charge in [-0.15, -0.1) is 0 Å². The summed E-state index contributed by atoms with van der Waals surface area (Å²) in [6, 6.07) is 0. The first-order valence-corrected chi connectivity index (χ1v) is 6.48. The lowest BCUT2D eigenvalue weighted by molar-refractivity contribution is 0.0197. The van der Waals surface area contributed by atoms with Crippen molar-refractivity contribution in [1.82, 2.24) is 10.2 Å². The summed E-state index contributed by atoms with van der Waals surface area (Å²) in [6.07, 6.45) is -0.319. The number of nitrogens with one attached hydrogen (secondary N) is 1. The Labute approximate surface area is 106 Å². The van der Waals surface area contributed by atoms with Gasteiger partial charge in [-0.05, 0) is 34.2 Å². The summed E-state index contributed by atoms with van der Waals surface area (Å²) in [5.74, 6) is 0. The number of amides is 1. The number of hydrogen-bond donors (Lipinski definition) is 1. The van der Waals surface area contributed by atoms with E-state index in [2.05, 4.69) is 17.1 Å². The number of ether oxygens (including phenoxy) is 1. The highest BCUT2D eigenvalue weighted by Gasteiger charge is 2.39. The molecule has 0 spiro atoms. The molecule has 0 unspecified atom stereocenters. The number of carbonyl (C=O) groups excluding carboxylic acids is 1. The van der Waals surface area contributed by atoms with Crippen LogP contribution in [0.15, 0.2) is 0 Å². The van der Waals surface area contributed by atoms with Crippen LogP contribution in [0.3, 0.4) is 0 Å². The molecule has 1 amide bonds. The minimum Gasteiger partial charge on any atom is -0.444 e. The van der Waals surface area contributed by atoms with E-state index < -0.39 is 5.60 Å². The Morgan fingerprint density at radius 2 is 1.82 bits per heavy atom. The van der Waals surface area contributed by atoms with Crippen molar-refractivity contribution in [1.29, 1.82) is 0 Å². The first-order chi connectivity index (χ1) is 7.74. The van der Waals surface area contributed by atoms with E-state index in [4.69, 9.17) is 4.74 Å². The normalized spacial score (nSPS) is 18.5. The second-order valence-corrected chi connectivity index (χ2v) is 5.49. The van der Waals surface area contributed by atoms with Gasteiger partial charge in [0.25, 0.3) is 0 Å². The SMILES string of the molecule is CC.CCN1CC(C)(NC(=O)OC(C)(C)C)C1. The van der Waals surface area contributed by atoms with Gasteiger partial charge >= 0.3 is 6.09 Å². The van der Waals surface area contributed by atoms with Gasteiger partial charge in [-0.2, -0.15) is 0 Å². The fourth-order valence-electron chi connectivity index (χ4n) is 1.79. The zero-order valence-electron chi connectivity index (χ0n) is 12.4. The first-order valence-electron chi connectivity index (χ1n) is 6.48. The molecule has 0 radical (unpaired) electrons. The van der Waals surface area contributed by atoms with Gasteiger partial charge in [0.2, 0.25) is 0 Å². The molecule has 0 bridgehead atoms. The molecular formula is C13H28N2O2. The predicted molar refractivity (Wildman–Crippen MR) is 71.2 cm³/mol. The van der Waals surface area contributed by atoms with E-state index in [0.717, 1.165) is 19.6 Å².